The summed E-state index contributed by atoms with van der Waals surface area (Å²) in [6.45, 7) is 5.31. The summed E-state index contributed by atoms with van der Waals surface area (Å²) >= 11 is 0. The lowest BCUT2D eigenvalue weighted by Crippen LogP contribution is -2.12. The average molecular weight is 447 g/mol. The quantitative estimate of drug-likeness (QED) is 0.406. The van der Waals surface area contributed by atoms with Crippen molar-refractivity contribution in [2.45, 2.75) is 31.0 Å². The van der Waals surface area contributed by atoms with Gasteiger partial charge in [0.15, 0.2) is 9.84 Å². The highest BCUT2D eigenvalue weighted by Crippen LogP contribution is 2.22. The van der Waals surface area contributed by atoms with Crippen LogP contribution in [0.2, 0.25) is 0 Å². The first-order valence-corrected chi connectivity index (χ1v) is 12.2. The minimum atomic E-state index is -3.42. The molecule has 1 heterocycles. The van der Waals surface area contributed by atoms with Crippen LogP contribution in [0.5, 0.6) is 0 Å². The Hall–Kier alpha value is -3.38. The van der Waals surface area contributed by atoms with E-state index in [0.29, 0.717) is 21.9 Å². The number of aromatic nitrogens is 1. The summed E-state index contributed by atoms with van der Waals surface area (Å²) in [5.74, 6) is 0.210. The molecule has 5 nitrogen and oxygen atoms in total. The summed E-state index contributed by atoms with van der Waals surface area (Å²) in [6.07, 6.45) is 2.07. The molecule has 0 aliphatic carbocycles. The second-order valence-electron chi connectivity index (χ2n) is 8.36. The maximum atomic E-state index is 12.7. The Morgan fingerprint density at radius 2 is 1.66 bits per heavy atom. The van der Waals surface area contributed by atoms with Gasteiger partial charge in [0, 0.05) is 34.9 Å². The van der Waals surface area contributed by atoms with Crippen molar-refractivity contribution in [1.29, 1.82) is 0 Å². The topological polar surface area (TPSA) is 68.2 Å². The van der Waals surface area contributed by atoms with Crippen LogP contribution in [0.25, 0.3) is 10.9 Å². The number of hydrogen-bond donors (Lipinski definition) is 1. The summed E-state index contributed by atoms with van der Waals surface area (Å²) in [7, 11) is -3.42. The smallest absolute Gasteiger partial charge is 0.255 e. The molecule has 0 saturated heterocycles. The highest BCUT2D eigenvalue weighted by molar-refractivity contribution is 7.90. The van der Waals surface area contributed by atoms with E-state index in [-0.39, 0.29) is 11.7 Å². The second-order valence-corrected chi connectivity index (χ2v) is 10.3. The van der Waals surface area contributed by atoms with E-state index in [4.69, 9.17) is 0 Å². The molecule has 0 unspecified atom stereocenters. The average Bonchev–Trinajstić information content (AvgIpc) is 3.16. The Bertz CT molecular complexity index is 1340. The number of anilines is 1. The maximum absolute atomic E-state index is 12.7. The van der Waals surface area contributed by atoms with Gasteiger partial charge in [-0.2, -0.15) is 0 Å². The number of carbonyl (C=O) groups is 1. The van der Waals surface area contributed by atoms with Crippen LogP contribution < -0.4 is 5.32 Å². The molecule has 6 heteroatoms. The van der Waals surface area contributed by atoms with E-state index in [2.05, 4.69) is 36.0 Å². The highest BCUT2D eigenvalue weighted by atomic mass is 32.2. The van der Waals surface area contributed by atoms with E-state index >= 15 is 0 Å². The number of amides is 1. The first kappa shape index (κ1) is 21.8. The Morgan fingerprint density at radius 1 is 0.938 bits per heavy atom. The van der Waals surface area contributed by atoms with Gasteiger partial charge in [0.05, 0.1) is 10.6 Å². The van der Waals surface area contributed by atoms with Crippen LogP contribution in [0.4, 0.5) is 5.69 Å². The molecule has 32 heavy (non-hydrogen) atoms. The number of benzene rings is 3. The molecule has 0 saturated carbocycles. The van der Waals surface area contributed by atoms with Gasteiger partial charge in [-0.1, -0.05) is 44.2 Å². The first-order chi connectivity index (χ1) is 15.3. The number of hydrogen-bond acceptors (Lipinski definition) is 3. The zero-order valence-corrected chi connectivity index (χ0v) is 19.0. The molecule has 164 valence electrons. The summed E-state index contributed by atoms with van der Waals surface area (Å²) in [4.78, 5) is 13.0. The van der Waals surface area contributed by atoms with Gasteiger partial charge in [-0.05, 0) is 60.0 Å². The van der Waals surface area contributed by atoms with Crippen LogP contribution >= 0.6 is 0 Å². The van der Waals surface area contributed by atoms with Gasteiger partial charge >= 0.3 is 0 Å². The zero-order valence-electron chi connectivity index (χ0n) is 18.2. The molecule has 0 spiro atoms. The number of rotatable bonds is 7. The van der Waals surface area contributed by atoms with Crippen LogP contribution in [-0.4, -0.2) is 18.9 Å². The third-order valence-corrected chi connectivity index (χ3v) is 6.97. The molecule has 4 aromatic rings. The second kappa shape index (κ2) is 9.01. The number of carbonyl (C=O) groups excluding carboxylic acids is 1. The predicted molar refractivity (Wildman–Crippen MR) is 129 cm³/mol. The number of sulfone groups is 1. The van der Waals surface area contributed by atoms with E-state index < -0.39 is 9.84 Å². The lowest BCUT2D eigenvalue weighted by atomic mass is 10.1. The van der Waals surface area contributed by atoms with Gasteiger partial charge in [0.25, 0.3) is 5.91 Å². The molecular formula is C26H26N2O3S. The monoisotopic (exact) mass is 446 g/mol. The SMILES string of the molecule is CC(C)Cn1ccc2cc(NC(=O)c3ccc(CS(=O)(=O)c4ccccc4)cc3)ccc21. The Balaban J connectivity index is 1.45. The van der Waals surface area contributed by atoms with Gasteiger partial charge in [0.1, 0.15) is 0 Å². The van der Waals surface area contributed by atoms with Crippen LogP contribution in [0, 0.1) is 5.92 Å². The minimum absolute atomic E-state index is 0.108. The van der Waals surface area contributed by atoms with Crippen molar-refractivity contribution < 1.29 is 13.2 Å². The lowest BCUT2D eigenvalue weighted by Gasteiger charge is -2.10. The standard InChI is InChI=1S/C26H26N2O3S/c1-19(2)17-28-15-14-22-16-23(12-13-25(22)28)27-26(29)21-10-8-20(9-11-21)18-32(30,31)24-6-4-3-5-7-24/h3-16,19H,17-18H2,1-2H3,(H,27,29). The normalized spacial score (nSPS) is 11.7. The van der Waals surface area contributed by atoms with Gasteiger partial charge in [0.2, 0.25) is 0 Å². The van der Waals surface area contributed by atoms with Crippen molar-refractivity contribution in [1.82, 2.24) is 4.57 Å². The van der Waals surface area contributed by atoms with Crippen molar-refractivity contribution >= 4 is 32.3 Å². The van der Waals surface area contributed by atoms with Crippen molar-refractivity contribution in [3.05, 3.63) is 96.2 Å². The van der Waals surface area contributed by atoms with Gasteiger partial charge in [-0.3, -0.25) is 4.79 Å². The zero-order chi connectivity index (χ0) is 22.7. The maximum Gasteiger partial charge on any atom is 0.255 e. The van der Waals surface area contributed by atoms with Gasteiger partial charge < -0.3 is 9.88 Å². The van der Waals surface area contributed by atoms with Crippen LogP contribution in [0.3, 0.4) is 0 Å². The van der Waals surface area contributed by atoms with E-state index in [0.717, 1.165) is 23.1 Å². The highest BCUT2D eigenvalue weighted by Gasteiger charge is 2.15. The lowest BCUT2D eigenvalue weighted by molar-refractivity contribution is 0.102. The van der Waals surface area contributed by atoms with E-state index in [1.807, 2.05) is 18.2 Å². The Labute approximate surface area is 188 Å². The van der Waals surface area contributed by atoms with E-state index in [1.54, 1.807) is 54.6 Å². The fourth-order valence-electron chi connectivity index (χ4n) is 3.72. The summed E-state index contributed by atoms with van der Waals surface area (Å²) in [5.41, 5.74) is 2.97. The van der Waals surface area contributed by atoms with Crippen molar-refractivity contribution in [3.8, 4) is 0 Å². The minimum Gasteiger partial charge on any atom is -0.347 e. The summed E-state index contributed by atoms with van der Waals surface area (Å²) in [5, 5.41) is 4.00. The molecule has 0 bridgehead atoms. The van der Waals surface area contributed by atoms with E-state index in [9.17, 15) is 13.2 Å². The molecular weight excluding hydrogens is 420 g/mol. The number of nitrogens with zero attached hydrogens (tertiary/aromatic N) is 1. The molecule has 1 N–H and O–H groups in total. The molecule has 0 radical (unpaired) electrons. The third kappa shape index (κ3) is 4.92. The van der Waals surface area contributed by atoms with Gasteiger partial charge in [-0.15, -0.1) is 0 Å². The molecule has 3 aromatic carbocycles. The Kier molecular flexibility index (Phi) is 6.15. The predicted octanol–water partition coefficient (Wildman–Crippen LogP) is 5.52. The fraction of sp³-hybridized carbons (Fsp3) is 0.192. The summed E-state index contributed by atoms with van der Waals surface area (Å²) < 4.78 is 27.3. The van der Waals surface area contributed by atoms with Crippen molar-refractivity contribution in [2.24, 2.45) is 5.92 Å². The molecule has 1 aromatic heterocycles. The van der Waals surface area contributed by atoms with Crippen LogP contribution in [0.1, 0.15) is 29.8 Å². The molecule has 0 aliphatic rings. The van der Waals surface area contributed by atoms with Crippen LogP contribution in [-0.2, 0) is 22.1 Å². The fourth-order valence-corrected chi connectivity index (χ4v) is 5.09. The number of fused-ring (bicyclic) bond motifs is 1. The molecule has 1 amide bonds. The number of nitrogens with one attached hydrogen (secondary N) is 1. The van der Waals surface area contributed by atoms with Crippen LogP contribution in [0.15, 0.2) is 90.0 Å². The van der Waals surface area contributed by atoms with Gasteiger partial charge in [-0.25, -0.2) is 8.42 Å². The van der Waals surface area contributed by atoms with Crippen molar-refractivity contribution in [3.63, 3.8) is 0 Å². The molecule has 0 aliphatic heterocycles. The van der Waals surface area contributed by atoms with Crippen molar-refractivity contribution in [2.75, 3.05) is 5.32 Å². The molecule has 4 rings (SSSR count). The molecule has 0 fully saturated rings. The van der Waals surface area contributed by atoms with E-state index in [1.165, 1.54) is 0 Å². The molecule has 0 atom stereocenters. The Morgan fingerprint density at radius 3 is 2.34 bits per heavy atom. The first-order valence-electron chi connectivity index (χ1n) is 10.6. The summed E-state index contributed by atoms with van der Waals surface area (Å²) in [6, 6.07) is 23.0. The third-order valence-electron chi connectivity index (χ3n) is 5.27. The largest absolute Gasteiger partial charge is 0.347 e.